The molecule has 0 bridgehead atoms. The van der Waals surface area contributed by atoms with Gasteiger partial charge in [-0.05, 0) is 25.0 Å². The van der Waals surface area contributed by atoms with E-state index in [0.717, 1.165) is 4.90 Å². The Kier molecular flexibility index (Phi) is 6.34. The molecule has 6 heteroatoms. The zero-order valence-electron chi connectivity index (χ0n) is 13.3. The predicted octanol–water partition coefficient (Wildman–Crippen LogP) is 1.55. The topological polar surface area (TPSA) is 57.3 Å². The molecule has 2 atom stereocenters. The van der Waals surface area contributed by atoms with E-state index in [0.29, 0.717) is 17.1 Å². The van der Waals surface area contributed by atoms with Gasteiger partial charge in [0.15, 0.2) is 6.54 Å². The van der Waals surface area contributed by atoms with Gasteiger partial charge in [0, 0.05) is 0 Å². The number of rotatable bonds is 6. The van der Waals surface area contributed by atoms with Crippen LogP contribution in [0.1, 0.15) is 26.3 Å². The average Bonchev–Trinajstić information content (AvgIpc) is 2.42. The molecule has 0 spiro atoms. The van der Waals surface area contributed by atoms with Crippen molar-refractivity contribution in [2.45, 2.75) is 32.9 Å². The number of nitrogens with one attached hydrogen (secondary N) is 2. The highest BCUT2D eigenvalue weighted by molar-refractivity contribution is 6.31. The molecule has 0 aliphatic carbocycles. The van der Waals surface area contributed by atoms with Gasteiger partial charge >= 0.3 is 0 Å². The summed E-state index contributed by atoms with van der Waals surface area (Å²) in [6.07, 6.45) is 0. The summed E-state index contributed by atoms with van der Waals surface area (Å²) in [4.78, 5) is 12.9. The molecular formula is C16H22ClFN3O+. The van der Waals surface area contributed by atoms with Gasteiger partial charge in [-0.1, -0.05) is 31.5 Å². The number of carbonyl (C=O) groups excluding carboxylic acids is 1. The molecule has 1 aromatic carbocycles. The number of amides is 1. The maximum atomic E-state index is 13.7. The van der Waals surface area contributed by atoms with Crippen molar-refractivity contribution in [2.75, 3.05) is 13.6 Å². The first-order valence-corrected chi connectivity index (χ1v) is 7.54. The minimum atomic E-state index is -0.910. The number of likely N-dealkylation sites (N-methyl/N-ethyl adjacent to an activating group) is 1. The number of carbonyl (C=O) groups is 1. The Morgan fingerprint density at radius 2 is 2.18 bits per heavy atom. The molecule has 1 amide bonds. The van der Waals surface area contributed by atoms with Crippen molar-refractivity contribution < 1.29 is 14.1 Å². The van der Waals surface area contributed by atoms with Crippen molar-refractivity contribution in [1.82, 2.24) is 5.32 Å². The van der Waals surface area contributed by atoms with Crippen LogP contribution in [0.3, 0.4) is 0 Å². The fraction of sp³-hybridized carbons (Fsp3) is 0.500. The van der Waals surface area contributed by atoms with E-state index in [9.17, 15) is 14.4 Å². The number of hydrogen-bond donors (Lipinski definition) is 2. The summed E-state index contributed by atoms with van der Waals surface area (Å²) in [5.74, 6) is -0.637. The smallest absolute Gasteiger partial charge is 0.276 e. The van der Waals surface area contributed by atoms with Gasteiger partial charge in [0.05, 0.1) is 23.7 Å². The van der Waals surface area contributed by atoms with Gasteiger partial charge in [-0.25, -0.2) is 4.39 Å². The summed E-state index contributed by atoms with van der Waals surface area (Å²) in [5.41, 5.74) is -0.520. The SMILES string of the molecule is CC(C)[C@](C)(C#N)NC(=O)C[NH+](C)Cc1c(F)cccc1Cl. The molecule has 120 valence electrons. The molecule has 0 aromatic heterocycles. The lowest BCUT2D eigenvalue weighted by atomic mass is 9.90. The van der Waals surface area contributed by atoms with E-state index >= 15 is 0 Å². The van der Waals surface area contributed by atoms with Crippen LogP contribution < -0.4 is 10.2 Å². The standard InChI is InChI=1S/C16H21ClFN3O/c1-11(2)16(3,10-19)20-15(22)9-21(4)8-12-13(17)6-5-7-14(12)18/h5-7,11H,8-9H2,1-4H3,(H,20,22)/p+1/t16-/m0/s1. The highest BCUT2D eigenvalue weighted by Crippen LogP contribution is 2.17. The number of halogens is 2. The highest BCUT2D eigenvalue weighted by Gasteiger charge is 2.30. The second-order valence-corrected chi connectivity index (χ2v) is 6.44. The van der Waals surface area contributed by atoms with Gasteiger partial charge in [-0.15, -0.1) is 0 Å². The van der Waals surface area contributed by atoms with Crippen molar-refractivity contribution in [2.24, 2.45) is 5.92 Å². The second-order valence-electron chi connectivity index (χ2n) is 6.03. The number of hydrogen-bond acceptors (Lipinski definition) is 2. The van der Waals surface area contributed by atoms with Crippen molar-refractivity contribution in [3.63, 3.8) is 0 Å². The van der Waals surface area contributed by atoms with E-state index < -0.39 is 5.54 Å². The third kappa shape index (κ3) is 4.69. The number of nitrogens with zero attached hydrogens (tertiary/aromatic N) is 1. The van der Waals surface area contributed by atoms with Crippen LogP contribution in [-0.2, 0) is 11.3 Å². The van der Waals surface area contributed by atoms with Crippen molar-refractivity contribution in [3.05, 3.63) is 34.6 Å². The van der Waals surface area contributed by atoms with Crippen molar-refractivity contribution >= 4 is 17.5 Å². The molecule has 0 saturated heterocycles. The Morgan fingerprint density at radius 3 is 2.68 bits per heavy atom. The molecule has 0 saturated carbocycles. The lowest BCUT2D eigenvalue weighted by Gasteiger charge is -2.27. The van der Waals surface area contributed by atoms with E-state index in [-0.39, 0.29) is 24.2 Å². The molecule has 1 unspecified atom stereocenters. The minimum absolute atomic E-state index is 0.0113. The largest absolute Gasteiger partial charge is 0.333 e. The minimum Gasteiger partial charge on any atom is -0.333 e. The summed E-state index contributed by atoms with van der Waals surface area (Å²) in [6, 6.07) is 6.64. The molecule has 0 fully saturated rings. The monoisotopic (exact) mass is 326 g/mol. The van der Waals surface area contributed by atoms with Crippen LogP contribution in [0.5, 0.6) is 0 Å². The van der Waals surface area contributed by atoms with Gasteiger partial charge in [0.25, 0.3) is 5.91 Å². The van der Waals surface area contributed by atoms with Gasteiger partial charge in [-0.2, -0.15) is 5.26 Å². The molecule has 0 aliphatic rings. The summed E-state index contributed by atoms with van der Waals surface area (Å²) >= 11 is 5.98. The van der Waals surface area contributed by atoms with E-state index in [1.807, 2.05) is 13.8 Å². The highest BCUT2D eigenvalue weighted by atomic mass is 35.5. The van der Waals surface area contributed by atoms with Crippen LogP contribution in [0.2, 0.25) is 5.02 Å². The first-order valence-electron chi connectivity index (χ1n) is 7.16. The Balaban J connectivity index is 2.68. The van der Waals surface area contributed by atoms with Crippen LogP contribution in [0.15, 0.2) is 18.2 Å². The van der Waals surface area contributed by atoms with Crippen LogP contribution in [0, 0.1) is 23.1 Å². The fourth-order valence-corrected chi connectivity index (χ4v) is 2.20. The van der Waals surface area contributed by atoms with Crippen LogP contribution in [-0.4, -0.2) is 25.0 Å². The zero-order chi connectivity index (χ0) is 16.9. The molecule has 22 heavy (non-hydrogen) atoms. The fourth-order valence-electron chi connectivity index (χ4n) is 1.97. The first kappa shape index (κ1) is 18.4. The second kappa shape index (κ2) is 7.57. The maximum Gasteiger partial charge on any atom is 0.276 e. The Bertz CT molecular complexity index is 565. The Morgan fingerprint density at radius 1 is 1.55 bits per heavy atom. The molecule has 2 N–H and O–H groups in total. The van der Waals surface area contributed by atoms with E-state index in [1.165, 1.54) is 6.07 Å². The number of benzene rings is 1. The molecule has 0 heterocycles. The predicted molar refractivity (Wildman–Crippen MR) is 83.9 cm³/mol. The molecule has 0 aliphatic heterocycles. The first-order chi connectivity index (χ1) is 10.2. The summed E-state index contributed by atoms with van der Waals surface area (Å²) in [5, 5.41) is 12.3. The van der Waals surface area contributed by atoms with Gasteiger partial charge in [0.2, 0.25) is 0 Å². The van der Waals surface area contributed by atoms with Gasteiger partial charge in [-0.3, -0.25) is 4.79 Å². The Hall–Kier alpha value is -1.64. The molecule has 0 radical (unpaired) electrons. The summed E-state index contributed by atoms with van der Waals surface area (Å²) in [6.45, 7) is 5.87. The van der Waals surface area contributed by atoms with Crippen LogP contribution >= 0.6 is 11.6 Å². The average molecular weight is 327 g/mol. The quantitative estimate of drug-likeness (QED) is 0.833. The summed E-state index contributed by atoms with van der Waals surface area (Å²) < 4.78 is 13.7. The molecule has 4 nitrogen and oxygen atoms in total. The summed E-state index contributed by atoms with van der Waals surface area (Å²) in [7, 11) is 1.78. The van der Waals surface area contributed by atoms with Crippen molar-refractivity contribution in [3.8, 4) is 6.07 Å². The molecule has 1 rings (SSSR count). The van der Waals surface area contributed by atoms with Gasteiger partial charge in [0.1, 0.15) is 17.9 Å². The maximum absolute atomic E-state index is 13.7. The molecule has 1 aromatic rings. The van der Waals surface area contributed by atoms with Crippen LogP contribution in [0.4, 0.5) is 4.39 Å². The number of quaternary nitrogens is 1. The third-order valence-corrected chi connectivity index (χ3v) is 4.14. The normalized spacial score (nSPS) is 15.0. The van der Waals surface area contributed by atoms with Crippen LogP contribution in [0.25, 0.3) is 0 Å². The lowest BCUT2D eigenvalue weighted by Crippen LogP contribution is -3.09. The van der Waals surface area contributed by atoms with Crippen molar-refractivity contribution in [1.29, 1.82) is 5.26 Å². The zero-order valence-corrected chi connectivity index (χ0v) is 14.1. The molecular weight excluding hydrogens is 305 g/mol. The third-order valence-electron chi connectivity index (χ3n) is 3.79. The van der Waals surface area contributed by atoms with E-state index in [4.69, 9.17) is 11.6 Å². The van der Waals surface area contributed by atoms with E-state index in [2.05, 4.69) is 11.4 Å². The Labute approximate surface area is 135 Å². The number of nitriles is 1. The van der Waals surface area contributed by atoms with E-state index in [1.54, 1.807) is 26.1 Å². The van der Waals surface area contributed by atoms with Gasteiger partial charge < -0.3 is 10.2 Å². The lowest BCUT2D eigenvalue weighted by molar-refractivity contribution is -0.885.